The quantitative estimate of drug-likeness (QED) is 0.302. The molecule has 2 saturated heterocycles. The molecule has 0 aromatic heterocycles. The largest absolute Gasteiger partial charge is 0.349 e. The van der Waals surface area contributed by atoms with Gasteiger partial charge in [-0.05, 0) is 35.9 Å². The number of amides is 2. The van der Waals surface area contributed by atoms with Crippen LogP contribution in [0.1, 0.15) is 32.4 Å². The van der Waals surface area contributed by atoms with E-state index in [4.69, 9.17) is 27.9 Å². The number of hydrogen-bond acceptors (Lipinski definition) is 5. The first-order chi connectivity index (χ1) is 16.7. The second kappa shape index (κ2) is 7.83. The van der Waals surface area contributed by atoms with Crippen LogP contribution in [0.3, 0.4) is 0 Å². The third-order valence-corrected chi connectivity index (χ3v) is 7.79. The molecule has 9 heteroatoms. The molecular formula is C26H14BrCl2NO5. The average molecular weight is 571 g/mol. The first-order valence-corrected chi connectivity index (χ1v) is 12.2. The van der Waals surface area contributed by atoms with Crippen LogP contribution in [-0.2, 0) is 14.3 Å². The van der Waals surface area contributed by atoms with Gasteiger partial charge in [0.1, 0.15) is 0 Å². The summed E-state index contributed by atoms with van der Waals surface area (Å²) in [5, 5.41) is 0.474. The molecule has 6 rings (SSSR count). The number of imide groups is 1. The van der Waals surface area contributed by atoms with E-state index in [1.165, 1.54) is 30.3 Å². The average Bonchev–Trinajstić information content (AvgIpc) is 3.39. The Labute approximate surface area is 217 Å². The van der Waals surface area contributed by atoms with Gasteiger partial charge in [0.05, 0.1) is 23.6 Å². The molecule has 2 amide bonds. The van der Waals surface area contributed by atoms with Gasteiger partial charge >= 0.3 is 0 Å². The van der Waals surface area contributed by atoms with Crippen LogP contribution >= 0.6 is 39.1 Å². The lowest BCUT2D eigenvalue weighted by molar-refractivity contribution is -0.127. The van der Waals surface area contributed by atoms with Crippen LogP contribution in [0.4, 0.5) is 5.69 Å². The first-order valence-electron chi connectivity index (χ1n) is 10.7. The molecule has 0 bridgehead atoms. The number of benzene rings is 3. The van der Waals surface area contributed by atoms with Crippen molar-refractivity contribution in [2.45, 2.75) is 11.7 Å². The number of Topliss-reactive ketones (excluding diaryl/α,β-unsaturated/α-hetero) is 2. The Kier molecular flexibility index (Phi) is 5.06. The van der Waals surface area contributed by atoms with Gasteiger partial charge in [-0.25, -0.2) is 4.90 Å². The molecule has 0 N–H and O–H groups in total. The summed E-state index contributed by atoms with van der Waals surface area (Å²) in [5.74, 6) is -4.94. The maximum Gasteiger partial charge on any atom is 0.241 e. The number of hydrogen-bond donors (Lipinski definition) is 0. The standard InChI is InChI=1S/C26H14BrCl2NO5/c27-13-7-5-12(6-8-13)21-19-20(25(34)30(24(19)33)16-10-14(28)9-15(29)11-16)26(35-21)22(31)17-3-1-2-4-18(17)23(26)32/h1-11,19-21H/t19-,20+,21-/m0/s1. The van der Waals surface area contributed by atoms with Crippen LogP contribution in [0.5, 0.6) is 0 Å². The molecule has 2 fully saturated rings. The van der Waals surface area contributed by atoms with E-state index in [0.29, 0.717) is 5.56 Å². The lowest BCUT2D eigenvalue weighted by Crippen LogP contribution is -2.51. The van der Waals surface area contributed by atoms with E-state index in [0.717, 1.165) is 9.37 Å². The summed E-state index contributed by atoms with van der Waals surface area (Å²) in [5.41, 5.74) is -1.03. The Morgan fingerprint density at radius 1 is 0.800 bits per heavy atom. The van der Waals surface area contributed by atoms with Crippen molar-refractivity contribution in [2.75, 3.05) is 4.90 Å². The normalized spacial score (nSPS) is 24.4. The number of ether oxygens (including phenoxy) is 1. The molecule has 0 radical (unpaired) electrons. The van der Waals surface area contributed by atoms with Crippen molar-refractivity contribution in [1.82, 2.24) is 0 Å². The predicted molar refractivity (Wildman–Crippen MR) is 132 cm³/mol. The number of rotatable bonds is 2. The Morgan fingerprint density at radius 3 is 1.94 bits per heavy atom. The summed E-state index contributed by atoms with van der Waals surface area (Å²) >= 11 is 15.7. The van der Waals surface area contributed by atoms with Crippen LogP contribution in [0, 0.1) is 11.8 Å². The van der Waals surface area contributed by atoms with Crippen molar-refractivity contribution in [2.24, 2.45) is 11.8 Å². The summed E-state index contributed by atoms with van der Waals surface area (Å²) in [7, 11) is 0. The first kappa shape index (κ1) is 22.6. The Morgan fingerprint density at radius 2 is 1.37 bits per heavy atom. The number of halogens is 3. The smallest absolute Gasteiger partial charge is 0.241 e. The minimum Gasteiger partial charge on any atom is -0.349 e. The van der Waals surface area contributed by atoms with Gasteiger partial charge in [0.25, 0.3) is 0 Å². The van der Waals surface area contributed by atoms with Gasteiger partial charge in [0.15, 0.2) is 0 Å². The monoisotopic (exact) mass is 569 g/mol. The molecule has 3 aliphatic rings. The van der Waals surface area contributed by atoms with Crippen LogP contribution in [0.15, 0.2) is 71.2 Å². The molecule has 3 aromatic rings. The molecule has 35 heavy (non-hydrogen) atoms. The van der Waals surface area contributed by atoms with Crippen LogP contribution in [0.25, 0.3) is 0 Å². The number of carbonyl (C=O) groups is 4. The van der Waals surface area contributed by atoms with Crippen LogP contribution in [0.2, 0.25) is 10.0 Å². The number of nitrogens with zero attached hydrogens (tertiary/aromatic N) is 1. The molecule has 1 aliphatic carbocycles. The van der Waals surface area contributed by atoms with Crippen molar-refractivity contribution < 1.29 is 23.9 Å². The van der Waals surface area contributed by atoms with E-state index in [1.807, 2.05) is 0 Å². The van der Waals surface area contributed by atoms with Gasteiger partial charge in [0.2, 0.25) is 29.0 Å². The summed E-state index contributed by atoms with van der Waals surface area (Å²) in [4.78, 5) is 56.1. The Hall–Kier alpha value is -2.84. The number of anilines is 1. The van der Waals surface area contributed by atoms with Gasteiger partial charge in [0, 0.05) is 25.6 Å². The fourth-order valence-corrected chi connectivity index (χ4v) is 6.17. The van der Waals surface area contributed by atoms with Crippen molar-refractivity contribution >= 4 is 68.2 Å². The molecular weight excluding hydrogens is 557 g/mol. The fourth-order valence-electron chi connectivity index (χ4n) is 5.39. The zero-order chi connectivity index (χ0) is 24.6. The van der Waals surface area contributed by atoms with Crippen molar-refractivity contribution in [1.29, 1.82) is 0 Å². The van der Waals surface area contributed by atoms with Crippen LogP contribution < -0.4 is 4.90 Å². The van der Waals surface area contributed by atoms with E-state index >= 15 is 0 Å². The van der Waals surface area contributed by atoms with Crippen LogP contribution in [-0.4, -0.2) is 29.0 Å². The maximum atomic E-state index is 13.9. The second-order valence-electron chi connectivity index (χ2n) is 8.67. The van der Waals surface area contributed by atoms with E-state index in [9.17, 15) is 19.2 Å². The zero-order valence-corrected chi connectivity index (χ0v) is 20.8. The van der Waals surface area contributed by atoms with Gasteiger partial charge < -0.3 is 4.74 Å². The topological polar surface area (TPSA) is 80.8 Å². The third-order valence-electron chi connectivity index (χ3n) is 6.82. The highest BCUT2D eigenvalue weighted by atomic mass is 79.9. The molecule has 1 spiro atoms. The van der Waals surface area contributed by atoms with Gasteiger partial charge in [-0.1, -0.05) is 75.5 Å². The number of fused-ring (bicyclic) bond motifs is 3. The summed E-state index contributed by atoms with van der Waals surface area (Å²) in [6.07, 6.45) is -0.994. The third kappa shape index (κ3) is 3.05. The molecule has 2 aliphatic heterocycles. The SMILES string of the molecule is O=C1[C@@H]2[C@H](c3ccc(Br)cc3)OC3(C(=O)c4ccccc4C3=O)[C@H]2C(=O)N1c1cc(Cl)cc(Cl)c1. The highest BCUT2D eigenvalue weighted by molar-refractivity contribution is 9.10. The Bertz CT molecular complexity index is 1420. The molecule has 0 unspecified atom stereocenters. The van der Waals surface area contributed by atoms with Crippen molar-refractivity contribution in [3.63, 3.8) is 0 Å². The van der Waals surface area contributed by atoms with Gasteiger partial charge in [-0.15, -0.1) is 0 Å². The molecule has 3 aromatic carbocycles. The fraction of sp³-hybridized carbons (Fsp3) is 0.154. The molecule has 3 atom stereocenters. The minimum absolute atomic E-state index is 0.173. The molecule has 2 heterocycles. The van der Waals surface area contributed by atoms with Gasteiger partial charge in [-0.3, -0.25) is 19.2 Å². The maximum absolute atomic E-state index is 13.9. The minimum atomic E-state index is -2.13. The molecule has 0 saturated carbocycles. The highest BCUT2D eigenvalue weighted by Crippen LogP contribution is 2.57. The van der Waals surface area contributed by atoms with Crippen molar-refractivity contribution in [3.8, 4) is 0 Å². The number of carbonyl (C=O) groups excluding carboxylic acids is 4. The van der Waals surface area contributed by atoms with E-state index < -0.39 is 46.9 Å². The van der Waals surface area contributed by atoms with E-state index in [2.05, 4.69) is 15.9 Å². The highest BCUT2D eigenvalue weighted by Gasteiger charge is 2.74. The predicted octanol–water partition coefficient (Wildman–Crippen LogP) is 5.45. The van der Waals surface area contributed by atoms with E-state index in [-0.39, 0.29) is 26.9 Å². The number of ketones is 2. The van der Waals surface area contributed by atoms with Gasteiger partial charge in [-0.2, -0.15) is 0 Å². The van der Waals surface area contributed by atoms with E-state index in [1.54, 1.807) is 36.4 Å². The lowest BCUT2D eigenvalue weighted by Gasteiger charge is -2.27. The Balaban J connectivity index is 1.55. The second-order valence-corrected chi connectivity index (χ2v) is 10.5. The summed E-state index contributed by atoms with van der Waals surface area (Å²) in [6.45, 7) is 0. The summed E-state index contributed by atoms with van der Waals surface area (Å²) in [6, 6.07) is 17.7. The lowest BCUT2D eigenvalue weighted by atomic mass is 9.77. The molecule has 174 valence electrons. The zero-order valence-electron chi connectivity index (χ0n) is 17.7. The summed E-state index contributed by atoms with van der Waals surface area (Å²) < 4.78 is 7.05. The van der Waals surface area contributed by atoms with Crippen molar-refractivity contribution in [3.05, 3.63) is 97.9 Å². The molecule has 6 nitrogen and oxygen atoms in total.